The van der Waals surface area contributed by atoms with E-state index in [0.717, 1.165) is 15.9 Å². The summed E-state index contributed by atoms with van der Waals surface area (Å²) in [6.45, 7) is 4.17. The number of aryl methyl sites for hydroxylation is 2. The van der Waals surface area contributed by atoms with Crippen LogP contribution in [0.3, 0.4) is 0 Å². The number of esters is 1. The maximum atomic E-state index is 11.1. The SMILES string of the molecule is CCOC(=O)CCc1ccc(Br)c(C)n1. The molecule has 1 heterocycles. The van der Waals surface area contributed by atoms with Crippen molar-refractivity contribution in [2.45, 2.75) is 26.7 Å². The first-order chi connectivity index (χ1) is 7.13. The molecule has 1 rings (SSSR count). The van der Waals surface area contributed by atoms with Crippen molar-refractivity contribution in [1.82, 2.24) is 4.98 Å². The van der Waals surface area contributed by atoms with E-state index in [1.165, 1.54) is 0 Å². The maximum absolute atomic E-state index is 11.1. The van der Waals surface area contributed by atoms with Crippen LogP contribution in [-0.2, 0) is 16.0 Å². The predicted octanol–water partition coefficient (Wildman–Crippen LogP) is 2.65. The van der Waals surface area contributed by atoms with Gasteiger partial charge in [-0.15, -0.1) is 0 Å². The predicted molar refractivity (Wildman–Crippen MR) is 61.6 cm³/mol. The smallest absolute Gasteiger partial charge is 0.306 e. The van der Waals surface area contributed by atoms with Gasteiger partial charge < -0.3 is 4.74 Å². The molecule has 0 aliphatic rings. The molecule has 1 aromatic heterocycles. The fourth-order valence-electron chi connectivity index (χ4n) is 1.20. The fourth-order valence-corrected chi connectivity index (χ4v) is 1.42. The summed E-state index contributed by atoms with van der Waals surface area (Å²) in [5.41, 5.74) is 1.86. The van der Waals surface area contributed by atoms with Crippen LogP contribution < -0.4 is 0 Å². The second-order valence-corrected chi connectivity index (χ2v) is 4.03. The van der Waals surface area contributed by atoms with Crippen LogP contribution in [0, 0.1) is 6.92 Å². The van der Waals surface area contributed by atoms with E-state index in [1.54, 1.807) is 6.92 Å². The Morgan fingerprint density at radius 2 is 2.27 bits per heavy atom. The summed E-state index contributed by atoms with van der Waals surface area (Å²) in [7, 11) is 0. The van der Waals surface area contributed by atoms with Crippen LogP contribution in [0.4, 0.5) is 0 Å². The minimum Gasteiger partial charge on any atom is -0.466 e. The van der Waals surface area contributed by atoms with E-state index in [0.29, 0.717) is 19.4 Å². The van der Waals surface area contributed by atoms with E-state index >= 15 is 0 Å². The molecule has 82 valence electrons. The molecule has 0 spiro atoms. The summed E-state index contributed by atoms with van der Waals surface area (Å²) in [6.07, 6.45) is 1.02. The van der Waals surface area contributed by atoms with E-state index in [-0.39, 0.29) is 5.97 Å². The third-order valence-corrected chi connectivity index (χ3v) is 2.81. The van der Waals surface area contributed by atoms with Crippen molar-refractivity contribution >= 4 is 21.9 Å². The van der Waals surface area contributed by atoms with Crippen molar-refractivity contribution in [1.29, 1.82) is 0 Å². The number of rotatable bonds is 4. The minimum absolute atomic E-state index is 0.167. The Morgan fingerprint density at radius 1 is 1.53 bits per heavy atom. The molecule has 0 unspecified atom stereocenters. The standard InChI is InChI=1S/C11H14BrNO2/c1-3-15-11(14)7-5-9-4-6-10(12)8(2)13-9/h4,6H,3,5,7H2,1-2H3. The van der Waals surface area contributed by atoms with Gasteiger partial charge in [0.05, 0.1) is 18.7 Å². The first kappa shape index (κ1) is 12.2. The van der Waals surface area contributed by atoms with Crippen molar-refractivity contribution in [3.8, 4) is 0 Å². The molecule has 0 bridgehead atoms. The zero-order valence-corrected chi connectivity index (χ0v) is 10.5. The van der Waals surface area contributed by atoms with Gasteiger partial charge in [0.2, 0.25) is 0 Å². The highest BCUT2D eigenvalue weighted by molar-refractivity contribution is 9.10. The molecule has 0 saturated heterocycles. The molecule has 0 aromatic carbocycles. The average molecular weight is 272 g/mol. The van der Waals surface area contributed by atoms with E-state index in [9.17, 15) is 4.79 Å². The quantitative estimate of drug-likeness (QED) is 0.791. The summed E-state index contributed by atoms with van der Waals surface area (Å²) in [5, 5.41) is 0. The van der Waals surface area contributed by atoms with Gasteiger partial charge in [-0.1, -0.05) is 0 Å². The third-order valence-electron chi connectivity index (χ3n) is 1.97. The molecule has 0 N–H and O–H groups in total. The second kappa shape index (κ2) is 5.85. The molecule has 0 atom stereocenters. The summed E-state index contributed by atoms with van der Waals surface area (Å²) >= 11 is 3.38. The highest BCUT2D eigenvalue weighted by Crippen LogP contribution is 2.14. The Hall–Kier alpha value is -0.900. The Morgan fingerprint density at radius 3 is 2.87 bits per heavy atom. The third kappa shape index (κ3) is 4.00. The van der Waals surface area contributed by atoms with Gasteiger partial charge in [-0.25, -0.2) is 0 Å². The van der Waals surface area contributed by atoms with Crippen LogP contribution in [0.15, 0.2) is 16.6 Å². The number of nitrogens with zero attached hydrogens (tertiary/aromatic N) is 1. The number of carbonyl (C=O) groups is 1. The molecule has 0 fully saturated rings. The Bertz CT molecular complexity index is 352. The van der Waals surface area contributed by atoms with Gasteiger partial charge in [0.1, 0.15) is 0 Å². The van der Waals surface area contributed by atoms with E-state index in [2.05, 4.69) is 20.9 Å². The molecular weight excluding hydrogens is 258 g/mol. The van der Waals surface area contributed by atoms with Crippen molar-refractivity contribution in [3.63, 3.8) is 0 Å². The monoisotopic (exact) mass is 271 g/mol. The van der Waals surface area contributed by atoms with Crippen molar-refractivity contribution in [2.24, 2.45) is 0 Å². The van der Waals surface area contributed by atoms with Crippen molar-refractivity contribution in [3.05, 3.63) is 28.0 Å². The minimum atomic E-state index is -0.167. The van der Waals surface area contributed by atoms with Gasteiger partial charge in [-0.3, -0.25) is 9.78 Å². The first-order valence-electron chi connectivity index (χ1n) is 4.91. The molecule has 3 nitrogen and oxygen atoms in total. The van der Waals surface area contributed by atoms with Crippen molar-refractivity contribution < 1.29 is 9.53 Å². The normalized spacial score (nSPS) is 10.1. The Balaban J connectivity index is 2.51. The zero-order chi connectivity index (χ0) is 11.3. The second-order valence-electron chi connectivity index (χ2n) is 3.17. The number of aromatic nitrogens is 1. The molecule has 1 aromatic rings. The van der Waals surface area contributed by atoms with Gasteiger partial charge >= 0.3 is 5.97 Å². The number of carbonyl (C=O) groups excluding carboxylic acids is 1. The number of halogens is 1. The van der Waals surface area contributed by atoms with E-state index in [1.807, 2.05) is 19.1 Å². The number of hydrogen-bond donors (Lipinski definition) is 0. The lowest BCUT2D eigenvalue weighted by Gasteiger charge is -2.03. The van der Waals surface area contributed by atoms with Crippen LogP contribution in [0.25, 0.3) is 0 Å². The highest BCUT2D eigenvalue weighted by Gasteiger charge is 2.04. The summed E-state index contributed by atoms with van der Waals surface area (Å²) in [5.74, 6) is -0.167. The molecule has 0 amide bonds. The lowest BCUT2D eigenvalue weighted by Crippen LogP contribution is -2.06. The average Bonchev–Trinajstić information content (AvgIpc) is 2.20. The van der Waals surface area contributed by atoms with Gasteiger partial charge in [0.25, 0.3) is 0 Å². The Labute approximate surface area is 98.0 Å². The topological polar surface area (TPSA) is 39.2 Å². The Kier molecular flexibility index (Phi) is 4.75. The molecule has 0 radical (unpaired) electrons. The number of pyridine rings is 1. The van der Waals surface area contributed by atoms with Crippen LogP contribution in [0.2, 0.25) is 0 Å². The van der Waals surface area contributed by atoms with Gasteiger partial charge in [-0.2, -0.15) is 0 Å². The van der Waals surface area contributed by atoms with Crippen LogP contribution >= 0.6 is 15.9 Å². The maximum Gasteiger partial charge on any atom is 0.306 e. The molecule has 0 saturated carbocycles. The zero-order valence-electron chi connectivity index (χ0n) is 8.92. The van der Waals surface area contributed by atoms with Crippen LogP contribution in [0.5, 0.6) is 0 Å². The molecule has 4 heteroatoms. The molecular formula is C11H14BrNO2. The molecule has 0 aliphatic heterocycles. The lowest BCUT2D eigenvalue weighted by atomic mass is 10.2. The van der Waals surface area contributed by atoms with Crippen LogP contribution in [0.1, 0.15) is 24.7 Å². The summed E-state index contributed by atoms with van der Waals surface area (Å²) in [6, 6.07) is 3.86. The van der Waals surface area contributed by atoms with Gasteiger partial charge in [0.15, 0.2) is 0 Å². The van der Waals surface area contributed by atoms with Crippen LogP contribution in [-0.4, -0.2) is 17.6 Å². The van der Waals surface area contributed by atoms with Crippen molar-refractivity contribution in [2.75, 3.05) is 6.61 Å². The number of hydrogen-bond acceptors (Lipinski definition) is 3. The largest absolute Gasteiger partial charge is 0.466 e. The summed E-state index contributed by atoms with van der Waals surface area (Å²) in [4.78, 5) is 15.5. The lowest BCUT2D eigenvalue weighted by molar-refractivity contribution is -0.143. The summed E-state index contributed by atoms with van der Waals surface area (Å²) < 4.78 is 5.83. The van der Waals surface area contributed by atoms with Gasteiger partial charge in [-0.05, 0) is 41.9 Å². The number of ether oxygens (including phenoxy) is 1. The molecule has 15 heavy (non-hydrogen) atoms. The first-order valence-corrected chi connectivity index (χ1v) is 5.70. The fraction of sp³-hybridized carbons (Fsp3) is 0.455. The van der Waals surface area contributed by atoms with E-state index < -0.39 is 0 Å². The molecule has 0 aliphatic carbocycles. The van der Waals surface area contributed by atoms with E-state index in [4.69, 9.17) is 4.74 Å². The highest BCUT2D eigenvalue weighted by atomic mass is 79.9. The van der Waals surface area contributed by atoms with Gasteiger partial charge in [0, 0.05) is 16.6 Å².